The van der Waals surface area contributed by atoms with Crippen LogP contribution in [0.2, 0.25) is 0 Å². The van der Waals surface area contributed by atoms with E-state index < -0.39 is 17.5 Å². The number of carboxylic acids is 2. The lowest BCUT2D eigenvalue weighted by Gasteiger charge is -2.25. The molecule has 0 bridgehead atoms. The summed E-state index contributed by atoms with van der Waals surface area (Å²) in [6.45, 7) is 1.94. The highest BCUT2D eigenvalue weighted by Gasteiger charge is 2.46. The molecule has 0 saturated heterocycles. The second-order valence-corrected chi connectivity index (χ2v) is 8.84. The highest BCUT2D eigenvalue weighted by Crippen LogP contribution is 2.38. The Balaban J connectivity index is 1.92. The van der Waals surface area contributed by atoms with Crippen LogP contribution in [0.5, 0.6) is 0 Å². The first-order valence-corrected chi connectivity index (χ1v) is 11.6. The second kappa shape index (κ2) is 9.68. The number of carboxylic acid groups (broad SMARTS) is 2. The van der Waals surface area contributed by atoms with Gasteiger partial charge < -0.3 is 15.5 Å². The third-order valence-corrected chi connectivity index (χ3v) is 6.23. The number of rotatable bonds is 7. The molecule has 1 amide bonds. The third kappa shape index (κ3) is 4.52. The van der Waals surface area contributed by atoms with E-state index in [1.54, 1.807) is 60.7 Å². The van der Waals surface area contributed by atoms with Crippen LogP contribution in [-0.2, 0) is 21.5 Å². The second-order valence-electron chi connectivity index (χ2n) is 7.93. The fourth-order valence-corrected chi connectivity index (χ4v) is 4.68. The minimum absolute atomic E-state index is 0.227. The van der Waals surface area contributed by atoms with E-state index in [-0.39, 0.29) is 17.0 Å². The minimum Gasteiger partial charge on any atom is -0.479 e. The normalized spacial score (nSPS) is 16.6. The van der Waals surface area contributed by atoms with Crippen LogP contribution in [0.3, 0.4) is 0 Å². The summed E-state index contributed by atoms with van der Waals surface area (Å²) in [6, 6.07) is 18.7. The maximum atomic E-state index is 12.9. The van der Waals surface area contributed by atoms with Gasteiger partial charge in [-0.1, -0.05) is 53.2 Å². The maximum absolute atomic E-state index is 12.9. The van der Waals surface area contributed by atoms with E-state index in [1.165, 1.54) is 6.08 Å². The van der Waals surface area contributed by atoms with Gasteiger partial charge in [-0.15, -0.1) is 0 Å². The molecule has 1 atom stereocenters. The summed E-state index contributed by atoms with van der Waals surface area (Å²) in [5.41, 5.74) is 0.291. The molecule has 1 unspecified atom stereocenters. The van der Waals surface area contributed by atoms with E-state index in [2.05, 4.69) is 26.2 Å². The lowest BCUT2D eigenvalue weighted by molar-refractivity contribution is -0.141. The molecule has 1 aliphatic rings. The summed E-state index contributed by atoms with van der Waals surface area (Å²) in [5, 5.41) is 23.6. The topological polar surface area (TPSA) is 116 Å². The molecule has 0 aliphatic carbocycles. The number of amides is 1. The van der Waals surface area contributed by atoms with Gasteiger partial charge in [0.1, 0.15) is 0 Å². The molecule has 3 aromatic rings. The largest absolute Gasteiger partial charge is 0.479 e. The highest BCUT2D eigenvalue weighted by molar-refractivity contribution is 9.10. The number of benzene rings is 3. The van der Waals surface area contributed by atoms with Gasteiger partial charge in [0.05, 0.1) is 5.36 Å². The number of halogens is 1. The van der Waals surface area contributed by atoms with Crippen molar-refractivity contribution in [2.24, 2.45) is 4.99 Å². The summed E-state index contributed by atoms with van der Waals surface area (Å²) in [5.74, 6) is -2.81. The van der Waals surface area contributed by atoms with Gasteiger partial charge in [0.2, 0.25) is 5.54 Å². The van der Waals surface area contributed by atoms with Gasteiger partial charge >= 0.3 is 11.9 Å². The van der Waals surface area contributed by atoms with E-state index in [9.17, 15) is 24.6 Å². The van der Waals surface area contributed by atoms with Crippen molar-refractivity contribution in [3.63, 3.8) is 0 Å². The monoisotopic (exact) mass is 532 g/mol. The Morgan fingerprint density at radius 3 is 2.43 bits per heavy atom. The molecular formula is C27H21BrN2O5. The van der Waals surface area contributed by atoms with Crippen molar-refractivity contribution in [1.29, 1.82) is 0 Å². The first-order valence-electron chi connectivity index (χ1n) is 10.8. The molecule has 176 valence electrons. The van der Waals surface area contributed by atoms with Crippen LogP contribution in [0.25, 0.3) is 5.57 Å². The van der Waals surface area contributed by atoms with E-state index in [0.29, 0.717) is 28.2 Å². The van der Waals surface area contributed by atoms with Gasteiger partial charge in [-0.25, -0.2) is 9.59 Å². The third-order valence-electron chi connectivity index (χ3n) is 5.77. The molecule has 4 rings (SSSR count). The molecule has 7 nitrogen and oxygen atoms in total. The van der Waals surface area contributed by atoms with Gasteiger partial charge in [0, 0.05) is 32.6 Å². The Hall–Kier alpha value is -4.04. The number of fused-ring (bicyclic) bond motifs is 1. The van der Waals surface area contributed by atoms with Crippen molar-refractivity contribution in [3.05, 3.63) is 111 Å². The van der Waals surface area contributed by atoms with Crippen LogP contribution >= 0.6 is 15.9 Å². The molecule has 1 heterocycles. The van der Waals surface area contributed by atoms with Gasteiger partial charge in [-0.3, -0.25) is 9.79 Å². The standard InChI is InChI=1S/C27H21BrN2O5/c1-2-16-13-19(28)15-21-22(11-12-23(31)32)27(26(34)35,30-24(16)21)18-9-6-10-20(14-18)29-25(33)17-7-4-3-5-8-17/h3-15H,2H2,1H3,(H,29,33)(H,31,32)(H,34,35). The zero-order valence-corrected chi connectivity index (χ0v) is 20.2. The van der Waals surface area contributed by atoms with E-state index in [0.717, 1.165) is 16.1 Å². The van der Waals surface area contributed by atoms with Crippen LogP contribution in [-0.4, -0.2) is 28.1 Å². The van der Waals surface area contributed by atoms with Crippen LogP contribution in [0, 0.1) is 0 Å². The molecule has 3 aromatic carbocycles. The minimum atomic E-state index is -1.90. The summed E-state index contributed by atoms with van der Waals surface area (Å²) in [7, 11) is 0. The molecule has 0 radical (unpaired) electrons. The number of aryl methyl sites for hydroxylation is 1. The number of anilines is 1. The van der Waals surface area contributed by atoms with Crippen molar-refractivity contribution in [3.8, 4) is 0 Å². The molecule has 0 aromatic heterocycles. The Kier molecular flexibility index (Phi) is 6.66. The predicted molar refractivity (Wildman–Crippen MR) is 135 cm³/mol. The number of nitrogens with one attached hydrogen (secondary N) is 1. The Morgan fingerprint density at radius 1 is 1.03 bits per heavy atom. The molecule has 0 fully saturated rings. The number of aliphatic carboxylic acids is 2. The number of hydrogen-bond acceptors (Lipinski definition) is 4. The molecule has 8 heteroatoms. The molecule has 3 N–H and O–H groups in total. The van der Waals surface area contributed by atoms with E-state index in [1.807, 2.05) is 13.0 Å². The van der Waals surface area contributed by atoms with E-state index >= 15 is 0 Å². The Morgan fingerprint density at radius 2 is 1.77 bits per heavy atom. The number of carbonyl (C=O) groups excluding carboxylic acids is 1. The van der Waals surface area contributed by atoms with Gasteiger partial charge in [-0.2, -0.15) is 0 Å². The van der Waals surface area contributed by atoms with Crippen molar-refractivity contribution in [2.45, 2.75) is 18.9 Å². The van der Waals surface area contributed by atoms with Gasteiger partial charge in [0.15, 0.2) is 0 Å². The summed E-state index contributed by atoms with van der Waals surface area (Å²) < 4.78 is 0.731. The average Bonchev–Trinajstić information content (AvgIpc) is 3.18. The number of carbonyl (C=O) groups is 3. The van der Waals surface area contributed by atoms with Crippen LogP contribution < -0.4 is 15.9 Å². The van der Waals surface area contributed by atoms with Crippen molar-refractivity contribution in [2.75, 3.05) is 5.32 Å². The zero-order valence-electron chi connectivity index (χ0n) is 18.7. The molecule has 0 saturated carbocycles. The summed E-state index contributed by atoms with van der Waals surface area (Å²) in [4.78, 5) is 41.6. The maximum Gasteiger partial charge on any atom is 0.341 e. The van der Waals surface area contributed by atoms with Crippen molar-refractivity contribution < 1.29 is 24.6 Å². The quantitative estimate of drug-likeness (QED) is 0.401. The van der Waals surface area contributed by atoms with Gasteiger partial charge in [-0.05, 0) is 60.0 Å². The van der Waals surface area contributed by atoms with Crippen molar-refractivity contribution in [1.82, 2.24) is 0 Å². The summed E-state index contributed by atoms with van der Waals surface area (Å²) >= 11 is 3.47. The molecule has 0 spiro atoms. The van der Waals surface area contributed by atoms with Crippen LogP contribution in [0.4, 0.5) is 5.69 Å². The SMILES string of the molecule is CCc1cc(Br)cc2c1=NC(C(=O)O)(c1cccc(NC(=O)c3ccccc3)c1)C=2C=CC(=O)O. The fourth-order valence-electron chi connectivity index (χ4n) is 4.17. The first-order chi connectivity index (χ1) is 16.8. The number of nitrogens with zero attached hydrogens (tertiary/aromatic N) is 1. The molecule has 1 aliphatic heterocycles. The van der Waals surface area contributed by atoms with Crippen LogP contribution in [0.15, 0.2) is 88.3 Å². The molecular weight excluding hydrogens is 512 g/mol. The first kappa shape index (κ1) is 24.1. The predicted octanol–water partition coefficient (Wildman–Crippen LogP) is 3.67. The Bertz CT molecular complexity index is 1500. The molecule has 35 heavy (non-hydrogen) atoms. The average molecular weight is 533 g/mol. The number of hydrogen-bond donors (Lipinski definition) is 3. The smallest absolute Gasteiger partial charge is 0.341 e. The summed E-state index contributed by atoms with van der Waals surface area (Å²) in [6.07, 6.45) is 2.79. The van der Waals surface area contributed by atoms with Crippen LogP contribution in [0.1, 0.15) is 28.4 Å². The lowest BCUT2D eigenvalue weighted by Crippen LogP contribution is -2.34. The highest BCUT2D eigenvalue weighted by atomic mass is 79.9. The van der Waals surface area contributed by atoms with Crippen molar-refractivity contribution >= 4 is 45.0 Å². The lowest BCUT2D eigenvalue weighted by atomic mass is 9.82. The Labute approximate surface area is 209 Å². The van der Waals surface area contributed by atoms with E-state index in [4.69, 9.17) is 0 Å². The zero-order chi connectivity index (χ0) is 25.2. The van der Waals surface area contributed by atoms with Gasteiger partial charge in [0.25, 0.3) is 5.91 Å². The fraction of sp³-hybridized carbons (Fsp3) is 0.111.